The van der Waals surface area contributed by atoms with E-state index in [1.54, 1.807) is 18.3 Å². The summed E-state index contributed by atoms with van der Waals surface area (Å²) in [5.41, 5.74) is 2.30. The number of hydrogen-bond acceptors (Lipinski definition) is 2. The van der Waals surface area contributed by atoms with Gasteiger partial charge in [-0.25, -0.2) is 4.98 Å². The fourth-order valence-corrected chi connectivity index (χ4v) is 2.26. The normalized spacial score (nSPS) is 10.1. The Balaban J connectivity index is 2.51. The van der Waals surface area contributed by atoms with Crippen molar-refractivity contribution in [3.05, 3.63) is 51.2 Å². The summed E-state index contributed by atoms with van der Waals surface area (Å²) in [5.74, 6) is 0. The average molecular weight is 298 g/mol. The van der Waals surface area contributed by atoms with Crippen LogP contribution in [0.3, 0.4) is 0 Å². The molecule has 1 aromatic heterocycles. The van der Waals surface area contributed by atoms with E-state index >= 15 is 0 Å². The van der Waals surface area contributed by atoms with Crippen molar-refractivity contribution in [2.24, 2.45) is 0 Å². The number of pyridine rings is 1. The zero-order chi connectivity index (χ0) is 13.1. The molecule has 1 heterocycles. The summed E-state index contributed by atoms with van der Waals surface area (Å²) in [7, 11) is 0. The van der Waals surface area contributed by atoms with E-state index in [0.29, 0.717) is 20.8 Å². The second-order valence-corrected chi connectivity index (χ2v) is 4.83. The number of nitriles is 1. The zero-order valence-electron chi connectivity index (χ0n) is 9.12. The first-order chi connectivity index (χ1) is 8.61. The molecule has 0 aliphatic carbocycles. The van der Waals surface area contributed by atoms with Gasteiger partial charge in [-0.3, -0.25) is 0 Å². The van der Waals surface area contributed by atoms with Crippen LogP contribution in [0.4, 0.5) is 0 Å². The van der Waals surface area contributed by atoms with Crippen LogP contribution >= 0.6 is 34.8 Å². The Kier molecular flexibility index (Phi) is 4.08. The van der Waals surface area contributed by atoms with Crippen molar-refractivity contribution >= 4 is 34.8 Å². The van der Waals surface area contributed by atoms with Gasteiger partial charge in [-0.1, -0.05) is 40.9 Å². The first kappa shape index (κ1) is 13.2. The summed E-state index contributed by atoms with van der Waals surface area (Å²) in [6.45, 7) is 0. The first-order valence-corrected chi connectivity index (χ1v) is 6.22. The lowest BCUT2D eigenvalue weighted by Gasteiger charge is -2.07. The zero-order valence-corrected chi connectivity index (χ0v) is 11.4. The molecule has 0 unspecified atom stereocenters. The lowest BCUT2D eigenvalue weighted by atomic mass is 10.1. The third-order valence-corrected chi connectivity index (χ3v) is 3.31. The molecule has 0 amide bonds. The van der Waals surface area contributed by atoms with Crippen LogP contribution in [0.1, 0.15) is 5.56 Å². The van der Waals surface area contributed by atoms with Crippen molar-refractivity contribution in [2.75, 3.05) is 0 Å². The maximum atomic E-state index is 8.72. The Bertz CT molecular complexity index is 633. The molecule has 5 heteroatoms. The molecule has 2 nitrogen and oxygen atoms in total. The molecule has 0 saturated heterocycles. The smallest absolute Gasteiger partial charge is 0.133 e. The van der Waals surface area contributed by atoms with Gasteiger partial charge in [-0.2, -0.15) is 5.26 Å². The molecule has 1 aromatic carbocycles. The molecule has 0 atom stereocenters. The van der Waals surface area contributed by atoms with Crippen LogP contribution in [0.2, 0.25) is 15.2 Å². The minimum absolute atomic E-state index is 0.213. The van der Waals surface area contributed by atoms with E-state index in [1.807, 2.05) is 18.2 Å². The molecule has 0 saturated carbocycles. The van der Waals surface area contributed by atoms with Crippen LogP contribution in [-0.4, -0.2) is 4.98 Å². The van der Waals surface area contributed by atoms with Crippen LogP contribution in [0, 0.1) is 11.3 Å². The third kappa shape index (κ3) is 2.76. The van der Waals surface area contributed by atoms with Gasteiger partial charge in [0.2, 0.25) is 0 Å². The highest BCUT2D eigenvalue weighted by Gasteiger charge is 2.08. The standard InChI is InChI=1S/C13H7Cl3N2/c14-10-1-2-11(12(15)6-10)9-5-8(3-4-17)13(16)18-7-9/h1-2,5-7H,3H2. The SMILES string of the molecule is N#CCc1cc(-c2ccc(Cl)cc2Cl)cnc1Cl. The summed E-state index contributed by atoms with van der Waals surface area (Å²) >= 11 is 17.9. The highest BCUT2D eigenvalue weighted by molar-refractivity contribution is 6.36. The Morgan fingerprint density at radius 2 is 1.94 bits per heavy atom. The van der Waals surface area contributed by atoms with Crippen molar-refractivity contribution in [2.45, 2.75) is 6.42 Å². The third-order valence-electron chi connectivity index (χ3n) is 2.42. The topological polar surface area (TPSA) is 36.7 Å². The van der Waals surface area contributed by atoms with Crippen LogP contribution in [0.5, 0.6) is 0 Å². The molecule has 0 spiro atoms. The van der Waals surface area contributed by atoms with Gasteiger partial charge in [0.25, 0.3) is 0 Å². The van der Waals surface area contributed by atoms with E-state index in [1.165, 1.54) is 0 Å². The fraction of sp³-hybridized carbons (Fsp3) is 0.0769. The molecule has 0 aliphatic heterocycles. The molecule has 0 N–H and O–H groups in total. The number of rotatable bonds is 2. The number of halogens is 3. The van der Waals surface area contributed by atoms with Crippen molar-refractivity contribution < 1.29 is 0 Å². The van der Waals surface area contributed by atoms with Gasteiger partial charge in [0.1, 0.15) is 5.15 Å². The predicted octanol–water partition coefficient (Wildman–Crippen LogP) is 4.77. The Labute approximate surface area is 120 Å². The van der Waals surface area contributed by atoms with Gasteiger partial charge < -0.3 is 0 Å². The second kappa shape index (κ2) is 5.58. The van der Waals surface area contributed by atoms with Crippen molar-refractivity contribution in [3.63, 3.8) is 0 Å². The number of aromatic nitrogens is 1. The number of hydrogen-bond donors (Lipinski definition) is 0. The van der Waals surface area contributed by atoms with E-state index in [0.717, 1.165) is 11.1 Å². The van der Waals surface area contributed by atoms with E-state index in [9.17, 15) is 0 Å². The van der Waals surface area contributed by atoms with Crippen molar-refractivity contribution in [1.82, 2.24) is 4.98 Å². The van der Waals surface area contributed by atoms with E-state index < -0.39 is 0 Å². The summed E-state index contributed by atoms with van der Waals surface area (Å²) in [6.07, 6.45) is 1.84. The molecule has 0 fully saturated rings. The van der Waals surface area contributed by atoms with Crippen molar-refractivity contribution in [1.29, 1.82) is 5.26 Å². The molecule has 18 heavy (non-hydrogen) atoms. The monoisotopic (exact) mass is 296 g/mol. The van der Waals surface area contributed by atoms with Gasteiger partial charge >= 0.3 is 0 Å². The molecule has 0 radical (unpaired) electrons. The largest absolute Gasteiger partial charge is 0.244 e. The quantitative estimate of drug-likeness (QED) is 0.748. The molecule has 0 aliphatic rings. The van der Waals surface area contributed by atoms with Gasteiger partial charge in [-0.05, 0) is 18.2 Å². The predicted molar refractivity (Wildman–Crippen MR) is 74.0 cm³/mol. The summed E-state index contributed by atoms with van der Waals surface area (Å²) in [6, 6.07) is 9.09. The maximum Gasteiger partial charge on any atom is 0.133 e. The highest BCUT2D eigenvalue weighted by Crippen LogP contribution is 2.31. The number of benzene rings is 1. The Morgan fingerprint density at radius 3 is 2.61 bits per heavy atom. The maximum absolute atomic E-state index is 8.72. The number of nitrogens with zero attached hydrogens (tertiary/aromatic N) is 2. The average Bonchev–Trinajstić information content (AvgIpc) is 2.33. The van der Waals surface area contributed by atoms with E-state index in [2.05, 4.69) is 4.98 Å². The molecular weight excluding hydrogens is 291 g/mol. The van der Waals surface area contributed by atoms with Crippen LogP contribution < -0.4 is 0 Å². The van der Waals surface area contributed by atoms with E-state index in [4.69, 9.17) is 40.1 Å². The van der Waals surface area contributed by atoms with Crippen LogP contribution in [-0.2, 0) is 6.42 Å². The lowest BCUT2D eigenvalue weighted by Crippen LogP contribution is -1.90. The second-order valence-electron chi connectivity index (χ2n) is 3.63. The molecule has 0 bridgehead atoms. The van der Waals surface area contributed by atoms with Crippen LogP contribution in [0.25, 0.3) is 11.1 Å². The summed E-state index contributed by atoms with van der Waals surface area (Å²) in [4.78, 5) is 4.06. The molecular formula is C13H7Cl3N2. The van der Waals surface area contributed by atoms with Crippen LogP contribution in [0.15, 0.2) is 30.5 Å². The minimum Gasteiger partial charge on any atom is -0.244 e. The molecule has 2 aromatic rings. The Morgan fingerprint density at radius 1 is 1.17 bits per heavy atom. The van der Waals surface area contributed by atoms with Gasteiger partial charge in [0.05, 0.1) is 12.5 Å². The minimum atomic E-state index is 0.213. The fourth-order valence-electron chi connectivity index (χ4n) is 1.57. The van der Waals surface area contributed by atoms with Crippen molar-refractivity contribution in [3.8, 4) is 17.2 Å². The summed E-state index contributed by atoms with van der Waals surface area (Å²) < 4.78 is 0. The molecule has 2 rings (SSSR count). The van der Waals surface area contributed by atoms with E-state index in [-0.39, 0.29) is 6.42 Å². The Hall–Kier alpha value is -1.27. The molecule has 90 valence electrons. The van der Waals surface area contributed by atoms with Gasteiger partial charge in [0, 0.05) is 32.9 Å². The van der Waals surface area contributed by atoms with Gasteiger partial charge in [0.15, 0.2) is 0 Å². The first-order valence-electron chi connectivity index (χ1n) is 5.08. The lowest BCUT2D eigenvalue weighted by molar-refractivity contribution is 1.19. The van der Waals surface area contributed by atoms with Gasteiger partial charge in [-0.15, -0.1) is 0 Å². The highest BCUT2D eigenvalue weighted by atomic mass is 35.5. The summed E-state index contributed by atoms with van der Waals surface area (Å²) in [5, 5.41) is 10.2.